The van der Waals surface area contributed by atoms with Crippen molar-refractivity contribution in [2.75, 3.05) is 13.2 Å². The molecule has 0 aliphatic carbocycles. The van der Waals surface area contributed by atoms with Crippen molar-refractivity contribution in [2.45, 2.75) is 6.61 Å². The summed E-state index contributed by atoms with van der Waals surface area (Å²) in [6, 6.07) is 8.00. The Kier molecular flexibility index (Phi) is 3.08. The van der Waals surface area contributed by atoms with Crippen LogP contribution >= 0.6 is 11.3 Å². The van der Waals surface area contributed by atoms with Crippen molar-refractivity contribution in [3.8, 4) is 0 Å². The average Bonchev–Trinajstić information content (AvgIpc) is 2.60. The molecule has 4 heteroatoms. The number of ether oxygens (including phenoxy) is 1. The molecule has 3 nitrogen and oxygen atoms in total. The standard InChI is InChI=1S/C10H11NO2S/c12-5-6-13-7-10-11-8-3-1-2-4-9(8)14-10/h1-4,12H,5-7H2. The molecular weight excluding hydrogens is 198 g/mol. The van der Waals surface area contributed by atoms with E-state index in [1.165, 1.54) is 4.70 Å². The largest absolute Gasteiger partial charge is 0.394 e. The molecule has 0 aliphatic heterocycles. The molecule has 1 heterocycles. The van der Waals surface area contributed by atoms with Crippen molar-refractivity contribution < 1.29 is 9.84 Å². The molecule has 1 aromatic carbocycles. The summed E-state index contributed by atoms with van der Waals surface area (Å²) in [6.45, 7) is 0.917. The minimum absolute atomic E-state index is 0.0604. The Labute approximate surface area is 86.0 Å². The summed E-state index contributed by atoms with van der Waals surface area (Å²) < 4.78 is 6.37. The van der Waals surface area contributed by atoms with Crippen LogP contribution in [0.3, 0.4) is 0 Å². The summed E-state index contributed by atoms with van der Waals surface area (Å²) in [5, 5.41) is 9.50. The number of aromatic nitrogens is 1. The topological polar surface area (TPSA) is 42.4 Å². The SMILES string of the molecule is OCCOCc1nc2ccccc2s1. The van der Waals surface area contributed by atoms with Crippen LogP contribution in [-0.4, -0.2) is 23.3 Å². The molecule has 74 valence electrons. The maximum Gasteiger partial charge on any atom is 0.120 e. The molecule has 1 aromatic heterocycles. The van der Waals surface area contributed by atoms with Gasteiger partial charge in [0.05, 0.1) is 30.0 Å². The van der Waals surface area contributed by atoms with Crippen LogP contribution in [0.4, 0.5) is 0 Å². The van der Waals surface area contributed by atoms with Crippen LogP contribution in [0.1, 0.15) is 5.01 Å². The first-order chi connectivity index (χ1) is 6.90. The molecule has 0 fully saturated rings. The third kappa shape index (κ3) is 2.09. The number of fused-ring (bicyclic) bond motifs is 1. The van der Waals surface area contributed by atoms with Gasteiger partial charge in [0.2, 0.25) is 0 Å². The smallest absolute Gasteiger partial charge is 0.120 e. The number of aliphatic hydroxyl groups is 1. The lowest BCUT2D eigenvalue weighted by atomic mass is 10.3. The van der Waals surface area contributed by atoms with Crippen molar-refractivity contribution in [1.29, 1.82) is 0 Å². The first kappa shape index (κ1) is 9.58. The molecule has 0 unspecified atom stereocenters. The summed E-state index contributed by atoms with van der Waals surface area (Å²) in [4.78, 5) is 4.40. The maximum atomic E-state index is 8.54. The Morgan fingerprint density at radius 3 is 3.00 bits per heavy atom. The predicted octanol–water partition coefficient (Wildman–Crippen LogP) is 1.81. The lowest BCUT2D eigenvalue weighted by Gasteiger charge is -1.96. The third-order valence-electron chi connectivity index (χ3n) is 1.80. The highest BCUT2D eigenvalue weighted by Gasteiger charge is 2.01. The summed E-state index contributed by atoms with van der Waals surface area (Å²) in [7, 11) is 0. The van der Waals surface area contributed by atoms with E-state index in [1.807, 2.05) is 24.3 Å². The molecule has 14 heavy (non-hydrogen) atoms. The normalized spacial score (nSPS) is 10.9. The van der Waals surface area contributed by atoms with Crippen molar-refractivity contribution >= 4 is 21.6 Å². The molecule has 0 bridgehead atoms. The Hall–Kier alpha value is -0.970. The van der Waals surface area contributed by atoms with Crippen LogP contribution < -0.4 is 0 Å². The van der Waals surface area contributed by atoms with Crippen LogP contribution in [0.5, 0.6) is 0 Å². The van der Waals surface area contributed by atoms with Gasteiger partial charge in [-0.3, -0.25) is 0 Å². The summed E-state index contributed by atoms with van der Waals surface area (Å²) >= 11 is 1.63. The summed E-state index contributed by atoms with van der Waals surface area (Å²) in [5.74, 6) is 0. The van der Waals surface area contributed by atoms with Gasteiger partial charge in [-0.2, -0.15) is 0 Å². The zero-order valence-corrected chi connectivity index (χ0v) is 8.46. The van der Waals surface area contributed by atoms with E-state index in [-0.39, 0.29) is 6.61 Å². The van der Waals surface area contributed by atoms with Gasteiger partial charge in [-0.1, -0.05) is 12.1 Å². The van der Waals surface area contributed by atoms with Crippen molar-refractivity contribution in [3.05, 3.63) is 29.3 Å². The second-order valence-corrected chi connectivity index (χ2v) is 3.97. The predicted molar refractivity (Wildman–Crippen MR) is 56.4 cm³/mol. The fourth-order valence-electron chi connectivity index (χ4n) is 1.21. The van der Waals surface area contributed by atoms with E-state index >= 15 is 0 Å². The first-order valence-electron chi connectivity index (χ1n) is 4.43. The Morgan fingerprint density at radius 1 is 1.36 bits per heavy atom. The second-order valence-electron chi connectivity index (χ2n) is 2.85. The number of para-hydroxylation sites is 1. The van der Waals surface area contributed by atoms with Crippen molar-refractivity contribution in [1.82, 2.24) is 4.98 Å². The minimum atomic E-state index is 0.0604. The highest BCUT2D eigenvalue weighted by atomic mass is 32.1. The number of rotatable bonds is 4. The van der Waals surface area contributed by atoms with Gasteiger partial charge in [0.25, 0.3) is 0 Å². The van der Waals surface area contributed by atoms with E-state index in [1.54, 1.807) is 11.3 Å². The van der Waals surface area contributed by atoms with Gasteiger partial charge in [-0.05, 0) is 12.1 Å². The molecule has 0 spiro atoms. The van der Waals surface area contributed by atoms with Crippen LogP contribution in [-0.2, 0) is 11.3 Å². The monoisotopic (exact) mass is 209 g/mol. The molecule has 0 saturated carbocycles. The van der Waals surface area contributed by atoms with E-state index in [9.17, 15) is 0 Å². The fourth-order valence-corrected chi connectivity index (χ4v) is 2.11. The third-order valence-corrected chi connectivity index (χ3v) is 2.81. The van der Waals surface area contributed by atoms with Crippen molar-refractivity contribution in [3.63, 3.8) is 0 Å². The first-order valence-corrected chi connectivity index (χ1v) is 5.25. The lowest BCUT2D eigenvalue weighted by molar-refractivity contribution is 0.0815. The average molecular weight is 209 g/mol. The lowest BCUT2D eigenvalue weighted by Crippen LogP contribution is -1.98. The zero-order chi connectivity index (χ0) is 9.80. The molecular formula is C10H11NO2S. The van der Waals surface area contributed by atoms with Gasteiger partial charge in [0, 0.05) is 0 Å². The molecule has 2 aromatic rings. The van der Waals surface area contributed by atoms with Gasteiger partial charge < -0.3 is 9.84 Å². The Morgan fingerprint density at radius 2 is 2.21 bits per heavy atom. The summed E-state index contributed by atoms with van der Waals surface area (Å²) in [6.07, 6.45) is 0. The van der Waals surface area contributed by atoms with Gasteiger partial charge in [-0.15, -0.1) is 11.3 Å². The van der Waals surface area contributed by atoms with Crippen LogP contribution in [0.15, 0.2) is 24.3 Å². The number of hydrogen-bond donors (Lipinski definition) is 1. The van der Waals surface area contributed by atoms with E-state index in [0.717, 1.165) is 10.5 Å². The Bertz CT molecular complexity index is 380. The van der Waals surface area contributed by atoms with E-state index in [0.29, 0.717) is 13.2 Å². The number of thiazole rings is 1. The molecule has 0 radical (unpaired) electrons. The quantitative estimate of drug-likeness (QED) is 0.781. The van der Waals surface area contributed by atoms with Gasteiger partial charge >= 0.3 is 0 Å². The summed E-state index contributed by atoms with van der Waals surface area (Å²) in [5.41, 5.74) is 1.01. The number of hydrogen-bond acceptors (Lipinski definition) is 4. The molecule has 1 N–H and O–H groups in total. The van der Waals surface area contributed by atoms with Crippen molar-refractivity contribution in [2.24, 2.45) is 0 Å². The van der Waals surface area contributed by atoms with Gasteiger partial charge in [0.15, 0.2) is 0 Å². The Balaban J connectivity index is 2.11. The fraction of sp³-hybridized carbons (Fsp3) is 0.300. The zero-order valence-electron chi connectivity index (χ0n) is 7.64. The molecule has 0 atom stereocenters. The highest BCUT2D eigenvalue weighted by Crippen LogP contribution is 2.21. The van der Waals surface area contributed by atoms with Gasteiger partial charge in [-0.25, -0.2) is 4.98 Å². The second kappa shape index (κ2) is 4.50. The molecule has 0 aliphatic rings. The highest BCUT2D eigenvalue weighted by molar-refractivity contribution is 7.18. The van der Waals surface area contributed by atoms with E-state index in [4.69, 9.17) is 9.84 Å². The van der Waals surface area contributed by atoms with Crippen LogP contribution in [0.2, 0.25) is 0 Å². The van der Waals surface area contributed by atoms with E-state index < -0.39 is 0 Å². The van der Waals surface area contributed by atoms with Crippen LogP contribution in [0.25, 0.3) is 10.2 Å². The minimum Gasteiger partial charge on any atom is -0.394 e. The van der Waals surface area contributed by atoms with Crippen LogP contribution in [0, 0.1) is 0 Å². The number of benzene rings is 1. The number of aliphatic hydroxyl groups excluding tert-OH is 1. The number of nitrogens with zero attached hydrogens (tertiary/aromatic N) is 1. The van der Waals surface area contributed by atoms with Gasteiger partial charge in [0.1, 0.15) is 5.01 Å². The maximum absolute atomic E-state index is 8.54. The molecule has 0 saturated heterocycles. The molecule has 0 amide bonds. The van der Waals surface area contributed by atoms with E-state index in [2.05, 4.69) is 4.98 Å². The molecule has 2 rings (SSSR count).